The van der Waals surface area contributed by atoms with Crippen molar-refractivity contribution in [2.45, 2.75) is 0 Å². The molecule has 1 amide bonds. The number of carbonyl (C=O) groups is 1. The van der Waals surface area contributed by atoms with E-state index < -0.39 is 0 Å². The van der Waals surface area contributed by atoms with Gasteiger partial charge in [0.15, 0.2) is 0 Å². The number of carbonyl (C=O) groups excluding carboxylic acids is 1. The number of benzene rings is 2. The molecule has 0 aliphatic heterocycles. The molecule has 0 aliphatic rings. The predicted molar refractivity (Wildman–Crippen MR) is 85.6 cm³/mol. The molecule has 1 aromatic heterocycles. The van der Waals surface area contributed by atoms with E-state index in [1.807, 2.05) is 42.5 Å². The van der Waals surface area contributed by atoms with Crippen molar-refractivity contribution in [1.29, 1.82) is 0 Å². The van der Waals surface area contributed by atoms with Gasteiger partial charge in [-0.3, -0.25) is 4.79 Å². The molecule has 108 valence electrons. The Bertz CT molecular complexity index is 777. The fourth-order valence-corrected chi connectivity index (χ4v) is 1.99. The van der Waals surface area contributed by atoms with E-state index in [-0.39, 0.29) is 5.91 Å². The first-order valence-electron chi connectivity index (χ1n) is 6.86. The molecule has 0 fully saturated rings. The van der Waals surface area contributed by atoms with Gasteiger partial charge in [0, 0.05) is 11.1 Å². The first-order chi connectivity index (χ1) is 10.8. The average molecular weight is 290 g/mol. The molecule has 4 heteroatoms. The molecule has 0 aliphatic carbocycles. The maximum atomic E-state index is 11.8. The number of furan rings is 1. The smallest absolute Gasteiger partial charge is 0.271 e. The molecule has 22 heavy (non-hydrogen) atoms. The van der Waals surface area contributed by atoms with Gasteiger partial charge in [-0.15, -0.1) is 0 Å². The number of rotatable bonds is 4. The Morgan fingerprint density at radius 1 is 0.909 bits per heavy atom. The second kappa shape index (κ2) is 6.54. The highest BCUT2D eigenvalue weighted by Crippen LogP contribution is 2.20. The molecular weight excluding hydrogens is 276 g/mol. The van der Waals surface area contributed by atoms with E-state index in [1.54, 1.807) is 30.3 Å². The van der Waals surface area contributed by atoms with Crippen molar-refractivity contribution in [3.63, 3.8) is 0 Å². The molecule has 3 aromatic rings. The highest BCUT2D eigenvalue weighted by atomic mass is 16.3. The normalized spacial score (nSPS) is 10.7. The van der Waals surface area contributed by atoms with Crippen molar-refractivity contribution in [3.05, 3.63) is 84.1 Å². The van der Waals surface area contributed by atoms with Crippen LogP contribution in [0, 0.1) is 0 Å². The molecule has 0 saturated heterocycles. The van der Waals surface area contributed by atoms with Crippen molar-refractivity contribution in [3.8, 4) is 11.3 Å². The molecule has 2 aromatic carbocycles. The van der Waals surface area contributed by atoms with Gasteiger partial charge in [-0.2, -0.15) is 5.10 Å². The standard InChI is InChI=1S/C18H14N2O2/c21-18(15-9-5-2-6-10-15)20-19-13-16-11-12-17(22-16)14-7-3-1-4-8-14/h1-13H,(H,20,21). The zero-order valence-corrected chi connectivity index (χ0v) is 11.8. The number of nitrogens with zero attached hydrogens (tertiary/aromatic N) is 1. The first kappa shape index (κ1) is 13.8. The fraction of sp³-hybridized carbons (Fsp3) is 0. The molecule has 0 radical (unpaired) electrons. The summed E-state index contributed by atoms with van der Waals surface area (Å²) in [7, 11) is 0. The van der Waals surface area contributed by atoms with Gasteiger partial charge < -0.3 is 4.42 Å². The van der Waals surface area contributed by atoms with E-state index in [0.717, 1.165) is 11.3 Å². The van der Waals surface area contributed by atoms with Gasteiger partial charge in [0.1, 0.15) is 11.5 Å². The topological polar surface area (TPSA) is 54.6 Å². The molecule has 0 unspecified atom stereocenters. The molecule has 1 N–H and O–H groups in total. The molecule has 4 nitrogen and oxygen atoms in total. The Morgan fingerprint density at radius 3 is 2.32 bits per heavy atom. The first-order valence-corrected chi connectivity index (χ1v) is 6.86. The Balaban J connectivity index is 1.64. The van der Waals surface area contributed by atoms with Crippen LogP contribution in [-0.2, 0) is 0 Å². The SMILES string of the molecule is O=C(NN=Cc1ccc(-c2ccccc2)o1)c1ccccc1. The predicted octanol–water partition coefficient (Wildman–Crippen LogP) is 3.71. The Hall–Kier alpha value is -3.14. The second-order valence-electron chi connectivity index (χ2n) is 4.63. The van der Waals surface area contributed by atoms with Crippen LogP contribution in [0.25, 0.3) is 11.3 Å². The van der Waals surface area contributed by atoms with Crippen LogP contribution < -0.4 is 5.43 Å². The van der Waals surface area contributed by atoms with E-state index >= 15 is 0 Å². The zero-order chi connectivity index (χ0) is 15.2. The summed E-state index contributed by atoms with van der Waals surface area (Å²) in [5, 5.41) is 3.91. The lowest BCUT2D eigenvalue weighted by Crippen LogP contribution is -2.17. The number of nitrogens with one attached hydrogen (secondary N) is 1. The summed E-state index contributed by atoms with van der Waals surface area (Å²) in [4.78, 5) is 11.8. The Labute approximate surface area is 128 Å². The second-order valence-corrected chi connectivity index (χ2v) is 4.63. The van der Waals surface area contributed by atoms with Gasteiger partial charge in [0.25, 0.3) is 5.91 Å². The molecule has 0 saturated carbocycles. The third-order valence-electron chi connectivity index (χ3n) is 3.08. The summed E-state index contributed by atoms with van der Waals surface area (Å²) in [6, 6.07) is 22.4. The summed E-state index contributed by atoms with van der Waals surface area (Å²) in [5.41, 5.74) is 4.02. The number of hydrazone groups is 1. The van der Waals surface area contributed by atoms with Gasteiger partial charge in [-0.1, -0.05) is 48.5 Å². The lowest BCUT2D eigenvalue weighted by atomic mass is 10.2. The van der Waals surface area contributed by atoms with Crippen LogP contribution in [0.1, 0.15) is 16.1 Å². The zero-order valence-electron chi connectivity index (χ0n) is 11.8. The quantitative estimate of drug-likeness (QED) is 0.588. The van der Waals surface area contributed by atoms with Crippen molar-refractivity contribution in [1.82, 2.24) is 5.43 Å². The van der Waals surface area contributed by atoms with E-state index in [0.29, 0.717) is 11.3 Å². The summed E-state index contributed by atoms with van der Waals surface area (Å²) in [5.74, 6) is 1.08. The third kappa shape index (κ3) is 3.30. The Morgan fingerprint density at radius 2 is 1.59 bits per heavy atom. The minimum Gasteiger partial charge on any atom is -0.455 e. The number of hydrogen-bond acceptors (Lipinski definition) is 3. The van der Waals surface area contributed by atoms with Gasteiger partial charge >= 0.3 is 0 Å². The van der Waals surface area contributed by atoms with E-state index in [4.69, 9.17) is 4.42 Å². The summed E-state index contributed by atoms with van der Waals surface area (Å²) < 4.78 is 5.66. The van der Waals surface area contributed by atoms with Gasteiger partial charge in [-0.25, -0.2) is 5.43 Å². The van der Waals surface area contributed by atoms with Crippen molar-refractivity contribution >= 4 is 12.1 Å². The number of amides is 1. The van der Waals surface area contributed by atoms with Crippen molar-refractivity contribution in [2.75, 3.05) is 0 Å². The monoisotopic (exact) mass is 290 g/mol. The maximum absolute atomic E-state index is 11.8. The highest BCUT2D eigenvalue weighted by molar-refractivity contribution is 5.94. The van der Waals surface area contributed by atoms with Crippen LogP contribution in [0.3, 0.4) is 0 Å². The minimum atomic E-state index is -0.258. The third-order valence-corrected chi connectivity index (χ3v) is 3.08. The Kier molecular flexibility index (Phi) is 4.11. The maximum Gasteiger partial charge on any atom is 0.271 e. The molecular formula is C18H14N2O2. The van der Waals surface area contributed by atoms with Crippen LogP contribution in [0.5, 0.6) is 0 Å². The van der Waals surface area contributed by atoms with Crippen LogP contribution in [0.2, 0.25) is 0 Å². The van der Waals surface area contributed by atoms with Crippen LogP contribution >= 0.6 is 0 Å². The summed E-state index contributed by atoms with van der Waals surface area (Å²) in [6.45, 7) is 0. The van der Waals surface area contributed by atoms with Gasteiger partial charge in [0.05, 0.1) is 6.21 Å². The van der Waals surface area contributed by atoms with E-state index in [9.17, 15) is 4.79 Å². The van der Waals surface area contributed by atoms with Crippen molar-refractivity contribution < 1.29 is 9.21 Å². The molecule has 3 rings (SSSR count). The van der Waals surface area contributed by atoms with E-state index in [1.165, 1.54) is 6.21 Å². The van der Waals surface area contributed by atoms with Crippen LogP contribution in [0.15, 0.2) is 82.3 Å². The molecule has 0 atom stereocenters. The minimum absolute atomic E-state index is 0.258. The van der Waals surface area contributed by atoms with E-state index in [2.05, 4.69) is 10.5 Å². The van der Waals surface area contributed by atoms with Gasteiger partial charge in [-0.05, 0) is 24.3 Å². The van der Waals surface area contributed by atoms with Crippen molar-refractivity contribution in [2.24, 2.45) is 5.10 Å². The molecule has 0 spiro atoms. The highest BCUT2D eigenvalue weighted by Gasteiger charge is 2.04. The lowest BCUT2D eigenvalue weighted by Gasteiger charge is -1.98. The number of hydrogen-bond donors (Lipinski definition) is 1. The molecule has 0 bridgehead atoms. The van der Waals surface area contributed by atoms with Crippen LogP contribution in [0.4, 0.5) is 0 Å². The summed E-state index contributed by atoms with van der Waals surface area (Å²) in [6.07, 6.45) is 1.48. The largest absolute Gasteiger partial charge is 0.455 e. The lowest BCUT2D eigenvalue weighted by molar-refractivity contribution is 0.0955. The average Bonchev–Trinajstić information content (AvgIpc) is 3.05. The summed E-state index contributed by atoms with van der Waals surface area (Å²) >= 11 is 0. The fourth-order valence-electron chi connectivity index (χ4n) is 1.99. The van der Waals surface area contributed by atoms with Crippen LogP contribution in [-0.4, -0.2) is 12.1 Å². The molecule has 1 heterocycles. The van der Waals surface area contributed by atoms with Gasteiger partial charge in [0.2, 0.25) is 0 Å².